The summed E-state index contributed by atoms with van der Waals surface area (Å²) in [6, 6.07) is 6.75. The Balaban J connectivity index is 1.52. The molecule has 1 saturated heterocycles. The Kier molecular flexibility index (Phi) is 6.28. The number of nitrogens with one attached hydrogen (secondary N) is 1. The summed E-state index contributed by atoms with van der Waals surface area (Å²) in [4.78, 5) is 22.6. The highest BCUT2D eigenvalue weighted by molar-refractivity contribution is 5.72. The van der Waals surface area contributed by atoms with E-state index in [4.69, 9.17) is 0 Å². The van der Waals surface area contributed by atoms with E-state index in [0.29, 0.717) is 12.5 Å². The maximum absolute atomic E-state index is 13.0. The van der Waals surface area contributed by atoms with Crippen LogP contribution in [-0.4, -0.2) is 40.4 Å². The lowest BCUT2D eigenvalue weighted by Gasteiger charge is -2.32. The number of halogens is 1. The van der Waals surface area contributed by atoms with Crippen molar-refractivity contribution in [2.24, 2.45) is 0 Å². The minimum Gasteiger partial charge on any atom is -0.351 e. The summed E-state index contributed by atoms with van der Waals surface area (Å²) in [7, 11) is 0. The molecule has 1 amide bonds. The van der Waals surface area contributed by atoms with Crippen LogP contribution in [0.4, 0.5) is 4.39 Å². The van der Waals surface area contributed by atoms with Crippen LogP contribution in [0.1, 0.15) is 42.6 Å². The predicted molar refractivity (Wildman–Crippen MR) is 98.1 cm³/mol. The van der Waals surface area contributed by atoms with Crippen molar-refractivity contribution in [2.45, 2.75) is 38.6 Å². The predicted octanol–water partition coefficient (Wildman–Crippen LogP) is 2.67. The summed E-state index contributed by atoms with van der Waals surface area (Å²) >= 11 is 0. The fourth-order valence-electron chi connectivity index (χ4n) is 3.43. The fourth-order valence-corrected chi connectivity index (χ4v) is 3.43. The molecule has 0 spiro atoms. The van der Waals surface area contributed by atoms with Crippen LogP contribution in [0, 0.1) is 5.82 Å². The van der Waals surface area contributed by atoms with Crippen molar-refractivity contribution in [3.8, 4) is 0 Å². The van der Waals surface area contributed by atoms with E-state index >= 15 is 0 Å². The number of nitrogens with zero attached hydrogens (tertiary/aromatic N) is 3. The molecule has 0 bridgehead atoms. The van der Waals surface area contributed by atoms with Crippen LogP contribution in [0.15, 0.2) is 36.7 Å². The van der Waals surface area contributed by atoms with Gasteiger partial charge in [0.2, 0.25) is 5.91 Å². The number of carbonyl (C=O) groups is 1. The number of amides is 1. The number of likely N-dealkylation sites (tertiary alicyclic amines) is 1. The summed E-state index contributed by atoms with van der Waals surface area (Å²) in [5.41, 5.74) is 3.05. The summed E-state index contributed by atoms with van der Waals surface area (Å²) in [6.45, 7) is 4.96. The number of carbonyl (C=O) groups excluding carboxylic acids is 1. The number of hydrogen-bond acceptors (Lipinski definition) is 4. The van der Waals surface area contributed by atoms with Gasteiger partial charge in [0.25, 0.3) is 0 Å². The van der Waals surface area contributed by atoms with Crippen LogP contribution in [0.3, 0.4) is 0 Å². The van der Waals surface area contributed by atoms with Crippen molar-refractivity contribution in [3.05, 3.63) is 59.4 Å². The minimum absolute atomic E-state index is 0.0581. The largest absolute Gasteiger partial charge is 0.351 e. The molecule has 2 heterocycles. The molecule has 1 aliphatic rings. The van der Waals surface area contributed by atoms with Gasteiger partial charge in [-0.05, 0) is 50.0 Å². The quantitative estimate of drug-likeness (QED) is 0.865. The Morgan fingerprint density at radius 3 is 2.58 bits per heavy atom. The van der Waals surface area contributed by atoms with Crippen LogP contribution in [0.5, 0.6) is 0 Å². The standard InChI is InChI=1S/C20H25FN4O/c1-15(26)24-14-19-20(23-10-9-22-19)17-7-12-25(13-8-17)11-6-16-2-4-18(21)5-3-16/h2-5,9-10,17H,6-8,11-14H2,1H3,(H,24,26). The van der Waals surface area contributed by atoms with Crippen molar-refractivity contribution in [2.75, 3.05) is 19.6 Å². The lowest BCUT2D eigenvalue weighted by Crippen LogP contribution is -2.35. The van der Waals surface area contributed by atoms with Gasteiger partial charge in [0.15, 0.2) is 0 Å². The lowest BCUT2D eigenvalue weighted by molar-refractivity contribution is -0.119. The van der Waals surface area contributed by atoms with Crippen molar-refractivity contribution in [1.29, 1.82) is 0 Å². The van der Waals surface area contributed by atoms with Crippen LogP contribution >= 0.6 is 0 Å². The summed E-state index contributed by atoms with van der Waals surface area (Å²) in [5.74, 6) is 0.139. The highest BCUT2D eigenvalue weighted by atomic mass is 19.1. The second kappa shape index (κ2) is 8.85. The molecule has 1 N–H and O–H groups in total. The van der Waals surface area contributed by atoms with Gasteiger partial charge in [-0.3, -0.25) is 14.8 Å². The molecule has 0 aliphatic carbocycles. The maximum atomic E-state index is 13.0. The first-order valence-electron chi connectivity index (χ1n) is 9.13. The van der Waals surface area contributed by atoms with E-state index in [-0.39, 0.29) is 11.7 Å². The average molecular weight is 356 g/mol. The molecule has 0 atom stereocenters. The number of hydrogen-bond donors (Lipinski definition) is 1. The Hall–Kier alpha value is -2.34. The SMILES string of the molecule is CC(=O)NCc1nccnc1C1CCN(CCc2ccc(F)cc2)CC1. The third-order valence-electron chi connectivity index (χ3n) is 4.92. The molecule has 6 heteroatoms. The Morgan fingerprint density at radius 2 is 1.88 bits per heavy atom. The van der Waals surface area contributed by atoms with Gasteiger partial charge < -0.3 is 10.2 Å². The van der Waals surface area contributed by atoms with Crippen LogP contribution in [-0.2, 0) is 17.8 Å². The van der Waals surface area contributed by atoms with E-state index in [2.05, 4.69) is 20.2 Å². The third-order valence-corrected chi connectivity index (χ3v) is 4.92. The van der Waals surface area contributed by atoms with Crippen molar-refractivity contribution < 1.29 is 9.18 Å². The molecule has 0 saturated carbocycles. The monoisotopic (exact) mass is 356 g/mol. The number of rotatable bonds is 6. The molecule has 1 aromatic carbocycles. The third kappa shape index (κ3) is 5.08. The maximum Gasteiger partial charge on any atom is 0.217 e. The topological polar surface area (TPSA) is 58.1 Å². The summed E-state index contributed by atoms with van der Waals surface area (Å²) < 4.78 is 13.0. The Labute approximate surface area is 153 Å². The van der Waals surface area contributed by atoms with E-state index in [0.717, 1.165) is 50.3 Å². The van der Waals surface area contributed by atoms with Gasteiger partial charge in [-0.25, -0.2) is 4.39 Å². The second-order valence-electron chi connectivity index (χ2n) is 6.79. The molecule has 1 aromatic heterocycles. The van der Waals surface area contributed by atoms with Crippen LogP contribution in [0.25, 0.3) is 0 Å². The second-order valence-corrected chi connectivity index (χ2v) is 6.79. The van der Waals surface area contributed by atoms with E-state index in [1.54, 1.807) is 12.4 Å². The first-order chi connectivity index (χ1) is 12.6. The molecular weight excluding hydrogens is 331 g/mol. The minimum atomic E-state index is -0.186. The van der Waals surface area contributed by atoms with Gasteiger partial charge in [0.05, 0.1) is 17.9 Å². The van der Waals surface area contributed by atoms with Gasteiger partial charge in [0.1, 0.15) is 5.82 Å². The first kappa shape index (κ1) is 18.5. The zero-order valence-electron chi connectivity index (χ0n) is 15.1. The lowest BCUT2D eigenvalue weighted by atomic mass is 9.91. The van der Waals surface area contributed by atoms with Crippen molar-refractivity contribution in [3.63, 3.8) is 0 Å². The van der Waals surface area contributed by atoms with Gasteiger partial charge in [0, 0.05) is 31.8 Å². The Bertz CT molecular complexity index is 727. The number of aromatic nitrogens is 2. The molecule has 26 heavy (non-hydrogen) atoms. The van der Waals surface area contributed by atoms with Crippen molar-refractivity contribution >= 4 is 5.91 Å². The highest BCUT2D eigenvalue weighted by Crippen LogP contribution is 2.28. The van der Waals surface area contributed by atoms with E-state index in [1.807, 2.05) is 12.1 Å². The number of benzene rings is 1. The Morgan fingerprint density at radius 1 is 1.19 bits per heavy atom. The molecule has 0 unspecified atom stereocenters. The van der Waals surface area contributed by atoms with Crippen LogP contribution < -0.4 is 5.32 Å². The van der Waals surface area contributed by atoms with E-state index < -0.39 is 0 Å². The van der Waals surface area contributed by atoms with Crippen molar-refractivity contribution in [1.82, 2.24) is 20.2 Å². The fraction of sp³-hybridized carbons (Fsp3) is 0.450. The van der Waals surface area contributed by atoms with Gasteiger partial charge in [-0.2, -0.15) is 0 Å². The van der Waals surface area contributed by atoms with E-state index in [1.165, 1.54) is 24.6 Å². The summed E-state index contributed by atoms with van der Waals surface area (Å²) in [6.07, 6.45) is 6.42. The average Bonchev–Trinajstić information content (AvgIpc) is 2.66. The molecule has 3 rings (SSSR count). The molecule has 5 nitrogen and oxygen atoms in total. The van der Waals surface area contributed by atoms with Gasteiger partial charge >= 0.3 is 0 Å². The highest BCUT2D eigenvalue weighted by Gasteiger charge is 2.24. The molecule has 1 aliphatic heterocycles. The smallest absolute Gasteiger partial charge is 0.217 e. The first-order valence-corrected chi connectivity index (χ1v) is 9.13. The summed E-state index contributed by atoms with van der Waals surface area (Å²) in [5, 5.41) is 2.81. The number of piperidine rings is 1. The van der Waals surface area contributed by atoms with Gasteiger partial charge in [-0.15, -0.1) is 0 Å². The molecule has 0 radical (unpaired) electrons. The zero-order valence-corrected chi connectivity index (χ0v) is 15.1. The molecule has 138 valence electrons. The van der Waals surface area contributed by atoms with Crippen LogP contribution in [0.2, 0.25) is 0 Å². The molecule has 1 fully saturated rings. The molecule has 2 aromatic rings. The van der Waals surface area contributed by atoms with E-state index in [9.17, 15) is 9.18 Å². The molecular formula is C20H25FN4O. The normalized spacial score (nSPS) is 15.8. The van der Waals surface area contributed by atoms with Gasteiger partial charge in [-0.1, -0.05) is 12.1 Å². The zero-order chi connectivity index (χ0) is 18.4.